The standard InChI is InChI=1S/C25H34FN3O2/c1-7-24(31)29(16-18-8-10-20(26)11-9-18)17-19-14-21(12-13-22(19)28(5)6)27-23(30)15-25(2,3)4/h8-14H,7,15-17H2,1-6H3,(H,27,30). The lowest BCUT2D eigenvalue weighted by Gasteiger charge is -2.26. The van der Waals surface area contributed by atoms with Gasteiger partial charge in [0.15, 0.2) is 0 Å². The van der Waals surface area contributed by atoms with E-state index in [0.29, 0.717) is 31.6 Å². The van der Waals surface area contributed by atoms with Crippen molar-refractivity contribution in [1.82, 2.24) is 4.90 Å². The van der Waals surface area contributed by atoms with Crippen molar-refractivity contribution in [3.05, 3.63) is 59.4 Å². The summed E-state index contributed by atoms with van der Waals surface area (Å²) in [6, 6.07) is 12.0. The van der Waals surface area contributed by atoms with Crippen molar-refractivity contribution in [2.45, 2.75) is 53.6 Å². The van der Waals surface area contributed by atoms with E-state index < -0.39 is 0 Å². The average molecular weight is 428 g/mol. The van der Waals surface area contributed by atoms with E-state index in [0.717, 1.165) is 16.8 Å². The Bertz CT molecular complexity index is 902. The van der Waals surface area contributed by atoms with E-state index >= 15 is 0 Å². The molecule has 0 aliphatic rings. The first-order valence-electron chi connectivity index (χ1n) is 10.6. The number of halogens is 1. The van der Waals surface area contributed by atoms with Crippen LogP contribution in [0, 0.1) is 11.2 Å². The van der Waals surface area contributed by atoms with E-state index in [1.807, 2.05) is 64.9 Å². The molecule has 2 aromatic rings. The summed E-state index contributed by atoms with van der Waals surface area (Å²) in [6.07, 6.45) is 0.795. The van der Waals surface area contributed by atoms with Crippen LogP contribution in [0.3, 0.4) is 0 Å². The van der Waals surface area contributed by atoms with Gasteiger partial charge >= 0.3 is 0 Å². The van der Waals surface area contributed by atoms with Crippen molar-refractivity contribution in [2.75, 3.05) is 24.3 Å². The Hall–Kier alpha value is -2.89. The van der Waals surface area contributed by atoms with Gasteiger partial charge < -0.3 is 15.1 Å². The first-order chi connectivity index (χ1) is 14.5. The highest BCUT2D eigenvalue weighted by Gasteiger charge is 2.19. The SMILES string of the molecule is CCC(=O)N(Cc1ccc(F)cc1)Cc1cc(NC(=O)CC(C)(C)C)ccc1N(C)C. The highest BCUT2D eigenvalue weighted by atomic mass is 19.1. The zero-order valence-electron chi connectivity index (χ0n) is 19.5. The first-order valence-corrected chi connectivity index (χ1v) is 10.6. The minimum absolute atomic E-state index is 0.0104. The van der Waals surface area contributed by atoms with Gasteiger partial charge in [-0.3, -0.25) is 9.59 Å². The topological polar surface area (TPSA) is 52.7 Å². The second kappa shape index (κ2) is 10.4. The summed E-state index contributed by atoms with van der Waals surface area (Å²) in [6.45, 7) is 8.68. The number of carbonyl (C=O) groups is 2. The predicted molar refractivity (Wildman–Crippen MR) is 124 cm³/mol. The summed E-state index contributed by atoms with van der Waals surface area (Å²) in [5, 5.41) is 2.97. The Morgan fingerprint density at radius 2 is 1.65 bits per heavy atom. The number of hydrogen-bond acceptors (Lipinski definition) is 3. The van der Waals surface area contributed by atoms with Crippen LogP contribution in [0.2, 0.25) is 0 Å². The van der Waals surface area contributed by atoms with Gasteiger partial charge in [-0.15, -0.1) is 0 Å². The molecule has 6 heteroatoms. The largest absolute Gasteiger partial charge is 0.377 e. The third-order valence-electron chi connectivity index (χ3n) is 4.84. The zero-order valence-corrected chi connectivity index (χ0v) is 19.5. The van der Waals surface area contributed by atoms with Gasteiger partial charge in [-0.25, -0.2) is 4.39 Å². The van der Waals surface area contributed by atoms with E-state index in [2.05, 4.69) is 5.32 Å². The summed E-state index contributed by atoms with van der Waals surface area (Å²) in [4.78, 5) is 28.8. The maximum atomic E-state index is 13.3. The third-order valence-corrected chi connectivity index (χ3v) is 4.84. The summed E-state index contributed by atoms with van der Waals surface area (Å²) in [7, 11) is 3.89. The van der Waals surface area contributed by atoms with Crippen molar-refractivity contribution in [3.63, 3.8) is 0 Å². The highest BCUT2D eigenvalue weighted by molar-refractivity contribution is 5.91. The molecule has 168 valence electrons. The molecule has 0 aliphatic carbocycles. The van der Waals surface area contributed by atoms with E-state index in [4.69, 9.17) is 0 Å². The van der Waals surface area contributed by atoms with Gasteiger partial charge in [0.05, 0.1) is 0 Å². The maximum Gasteiger partial charge on any atom is 0.224 e. The Balaban J connectivity index is 2.29. The van der Waals surface area contributed by atoms with Crippen LogP contribution < -0.4 is 10.2 Å². The lowest BCUT2D eigenvalue weighted by atomic mass is 9.92. The Morgan fingerprint density at radius 3 is 2.19 bits per heavy atom. The average Bonchev–Trinajstić information content (AvgIpc) is 2.67. The molecule has 0 saturated carbocycles. The molecule has 2 amide bonds. The summed E-state index contributed by atoms with van der Waals surface area (Å²) >= 11 is 0. The highest BCUT2D eigenvalue weighted by Crippen LogP contribution is 2.26. The van der Waals surface area contributed by atoms with Gasteiger partial charge in [-0.05, 0) is 46.9 Å². The van der Waals surface area contributed by atoms with Crippen LogP contribution in [-0.2, 0) is 22.7 Å². The smallest absolute Gasteiger partial charge is 0.224 e. The van der Waals surface area contributed by atoms with Crippen molar-refractivity contribution < 1.29 is 14.0 Å². The molecule has 0 aromatic heterocycles. The zero-order chi connectivity index (χ0) is 23.2. The van der Waals surface area contributed by atoms with Crippen molar-refractivity contribution in [2.24, 2.45) is 5.41 Å². The van der Waals surface area contributed by atoms with E-state index in [1.54, 1.807) is 17.0 Å². The number of anilines is 2. The van der Waals surface area contributed by atoms with Crippen LogP contribution in [0.15, 0.2) is 42.5 Å². The van der Waals surface area contributed by atoms with E-state index in [9.17, 15) is 14.0 Å². The molecule has 0 spiro atoms. The fraction of sp³-hybridized carbons (Fsp3) is 0.440. The number of rotatable bonds is 8. The van der Waals surface area contributed by atoms with Crippen LogP contribution in [0.25, 0.3) is 0 Å². The van der Waals surface area contributed by atoms with Crippen molar-refractivity contribution in [3.8, 4) is 0 Å². The van der Waals surface area contributed by atoms with E-state index in [-0.39, 0.29) is 23.0 Å². The molecule has 0 unspecified atom stereocenters. The Labute approximate surface area is 185 Å². The summed E-state index contributed by atoms with van der Waals surface area (Å²) < 4.78 is 13.3. The van der Waals surface area contributed by atoms with Gasteiger partial charge in [0.25, 0.3) is 0 Å². The van der Waals surface area contributed by atoms with Crippen LogP contribution in [-0.4, -0.2) is 30.8 Å². The second-order valence-corrected chi connectivity index (χ2v) is 9.25. The molecule has 0 heterocycles. The monoisotopic (exact) mass is 427 g/mol. The number of carbonyl (C=O) groups excluding carboxylic acids is 2. The summed E-state index contributed by atoms with van der Waals surface area (Å²) in [5.74, 6) is -0.328. The molecule has 0 fully saturated rings. The van der Waals surface area contributed by atoms with Gasteiger partial charge in [-0.2, -0.15) is 0 Å². The molecule has 2 rings (SSSR count). The first kappa shape index (κ1) is 24.4. The van der Waals surface area contributed by atoms with Crippen LogP contribution in [0.5, 0.6) is 0 Å². The molecule has 1 N–H and O–H groups in total. The number of nitrogens with zero attached hydrogens (tertiary/aromatic N) is 2. The number of hydrogen-bond donors (Lipinski definition) is 1. The molecule has 0 radical (unpaired) electrons. The number of amides is 2. The van der Waals surface area contributed by atoms with Crippen LogP contribution in [0.4, 0.5) is 15.8 Å². The fourth-order valence-corrected chi connectivity index (χ4v) is 3.38. The molecule has 5 nitrogen and oxygen atoms in total. The minimum atomic E-state index is -0.300. The molecule has 0 aliphatic heterocycles. The van der Waals surface area contributed by atoms with Gasteiger partial charge in [0.2, 0.25) is 11.8 Å². The second-order valence-electron chi connectivity index (χ2n) is 9.25. The van der Waals surface area contributed by atoms with Crippen LogP contribution in [0.1, 0.15) is 51.7 Å². The maximum absolute atomic E-state index is 13.3. The molecule has 2 aromatic carbocycles. The molecule has 0 atom stereocenters. The van der Waals surface area contributed by atoms with Crippen molar-refractivity contribution >= 4 is 23.2 Å². The summed E-state index contributed by atoms with van der Waals surface area (Å²) in [5.41, 5.74) is 3.38. The van der Waals surface area contributed by atoms with Gasteiger partial charge in [0, 0.05) is 51.4 Å². The Kier molecular flexibility index (Phi) is 8.20. The van der Waals surface area contributed by atoms with Crippen LogP contribution >= 0.6 is 0 Å². The van der Waals surface area contributed by atoms with E-state index in [1.165, 1.54) is 12.1 Å². The minimum Gasteiger partial charge on any atom is -0.377 e. The predicted octanol–water partition coefficient (Wildman–Crippen LogP) is 5.21. The number of nitrogens with one attached hydrogen (secondary N) is 1. The quantitative estimate of drug-likeness (QED) is 0.630. The lowest BCUT2D eigenvalue weighted by Crippen LogP contribution is -2.30. The molecular formula is C25H34FN3O2. The van der Waals surface area contributed by atoms with Gasteiger partial charge in [0.1, 0.15) is 5.82 Å². The fourth-order valence-electron chi connectivity index (χ4n) is 3.38. The molecule has 0 saturated heterocycles. The molecular weight excluding hydrogens is 393 g/mol. The lowest BCUT2D eigenvalue weighted by molar-refractivity contribution is -0.132. The Morgan fingerprint density at radius 1 is 1.00 bits per heavy atom. The normalized spacial score (nSPS) is 11.2. The van der Waals surface area contributed by atoms with Gasteiger partial charge in [-0.1, -0.05) is 39.8 Å². The third kappa shape index (κ3) is 7.70. The van der Waals surface area contributed by atoms with Crippen molar-refractivity contribution in [1.29, 1.82) is 0 Å². The molecule has 31 heavy (non-hydrogen) atoms. The molecule has 0 bridgehead atoms. The number of benzene rings is 2.